The molecular formula is C25H38N6O5S. The van der Waals surface area contributed by atoms with E-state index in [4.69, 9.17) is 11.5 Å². The number of fused-ring (bicyclic) bond motifs is 1. The average molecular weight is 535 g/mol. The van der Waals surface area contributed by atoms with E-state index < -0.39 is 47.9 Å². The van der Waals surface area contributed by atoms with Crippen molar-refractivity contribution < 1.29 is 24.3 Å². The number of para-hydroxylation sites is 1. The van der Waals surface area contributed by atoms with Crippen LogP contribution >= 0.6 is 12.6 Å². The fourth-order valence-electron chi connectivity index (χ4n) is 3.90. The Morgan fingerprint density at radius 3 is 2.27 bits per heavy atom. The third-order valence-electron chi connectivity index (χ3n) is 6.08. The summed E-state index contributed by atoms with van der Waals surface area (Å²) in [4.78, 5) is 53.3. The van der Waals surface area contributed by atoms with Gasteiger partial charge in [-0.1, -0.05) is 32.0 Å². The molecule has 0 aliphatic rings. The molecule has 0 bridgehead atoms. The molecular weight excluding hydrogens is 496 g/mol. The number of carbonyl (C=O) groups excluding carboxylic acids is 3. The first-order valence-electron chi connectivity index (χ1n) is 12.3. The first-order valence-corrected chi connectivity index (χ1v) is 13.0. The zero-order chi connectivity index (χ0) is 27.5. The number of carboxylic acid groups (broad SMARTS) is 1. The normalized spacial score (nSPS) is 14.5. The zero-order valence-corrected chi connectivity index (χ0v) is 22.1. The molecule has 3 amide bonds. The number of nitrogens with two attached hydrogens (primary N) is 2. The number of aromatic amines is 1. The summed E-state index contributed by atoms with van der Waals surface area (Å²) < 4.78 is 0. The lowest BCUT2D eigenvalue weighted by Crippen LogP contribution is -2.58. The fourth-order valence-corrected chi connectivity index (χ4v) is 4.16. The van der Waals surface area contributed by atoms with E-state index in [0.717, 1.165) is 16.5 Å². The van der Waals surface area contributed by atoms with Crippen LogP contribution in [-0.4, -0.2) is 70.2 Å². The molecule has 1 heterocycles. The van der Waals surface area contributed by atoms with E-state index in [1.807, 2.05) is 24.3 Å². The summed E-state index contributed by atoms with van der Waals surface area (Å²) in [5.74, 6) is -3.32. The number of aliphatic carboxylic acids is 1. The number of hydrogen-bond acceptors (Lipinski definition) is 7. The third-order valence-corrected chi connectivity index (χ3v) is 6.44. The van der Waals surface area contributed by atoms with Gasteiger partial charge in [-0.2, -0.15) is 12.6 Å². The van der Waals surface area contributed by atoms with Crippen molar-refractivity contribution in [2.45, 2.75) is 63.7 Å². The van der Waals surface area contributed by atoms with Gasteiger partial charge in [0.05, 0.1) is 6.04 Å². The second-order valence-corrected chi connectivity index (χ2v) is 9.69. The van der Waals surface area contributed by atoms with Crippen LogP contribution in [0.3, 0.4) is 0 Å². The highest BCUT2D eigenvalue weighted by atomic mass is 32.1. The Hall–Kier alpha value is -3.09. The molecule has 0 radical (unpaired) electrons. The summed E-state index contributed by atoms with van der Waals surface area (Å²) in [6.45, 7) is 3.76. The van der Waals surface area contributed by atoms with Gasteiger partial charge in [-0.05, 0) is 49.8 Å². The van der Waals surface area contributed by atoms with Gasteiger partial charge < -0.3 is 37.5 Å². The number of thiol groups is 1. The Balaban J connectivity index is 2.04. The van der Waals surface area contributed by atoms with E-state index in [2.05, 4.69) is 33.6 Å². The van der Waals surface area contributed by atoms with Crippen LogP contribution in [0.5, 0.6) is 0 Å². The van der Waals surface area contributed by atoms with E-state index in [0.29, 0.717) is 19.4 Å². The van der Waals surface area contributed by atoms with E-state index >= 15 is 0 Å². The van der Waals surface area contributed by atoms with Gasteiger partial charge in [0.15, 0.2) is 0 Å². The average Bonchev–Trinajstić information content (AvgIpc) is 3.27. The van der Waals surface area contributed by atoms with Crippen molar-refractivity contribution in [3.63, 3.8) is 0 Å². The van der Waals surface area contributed by atoms with Gasteiger partial charge in [0.1, 0.15) is 18.1 Å². The summed E-state index contributed by atoms with van der Waals surface area (Å²) in [6.07, 6.45) is 3.48. The number of H-pyrrole nitrogens is 1. The van der Waals surface area contributed by atoms with Gasteiger partial charge in [-0.25, -0.2) is 4.79 Å². The third kappa shape index (κ3) is 8.76. The maximum absolute atomic E-state index is 13.0. The molecule has 2 aromatic rings. The Labute approximate surface area is 221 Å². The molecule has 4 unspecified atom stereocenters. The summed E-state index contributed by atoms with van der Waals surface area (Å²) in [7, 11) is 0. The Morgan fingerprint density at radius 1 is 1.00 bits per heavy atom. The van der Waals surface area contributed by atoms with Gasteiger partial charge in [-0.3, -0.25) is 14.4 Å². The maximum Gasteiger partial charge on any atom is 0.326 e. The van der Waals surface area contributed by atoms with Crippen LogP contribution in [0.15, 0.2) is 30.5 Å². The van der Waals surface area contributed by atoms with Gasteiger partial charge in [0.2, 0.25) is 17.7 Å². The molecule has 0 saturated heterocycles. The quantitative estimate of drug-likeness (QED) is 0.119. The minimum atomic E-state index is -1.17. The number of nitrogens with one attached hydrogen (secondary N) is 4. The number of amides is 3. The number of rotatable bonds is 15. The molecule has 1 aromatic carbocycles. The van der Waals surface area contributed by atoms with E-state index in [1.165, 1.54) is 0 Å². The molecule has 9 N–H and O–H groups in total. The van der Waals surface area contributed by atoms with Crippen LogP contribution in [0.1, 0.15) is 38.7 Å². The van der Waals surface area contributed by atoms with Crippen molar-refractivity contribution in [3.8, 4) is 0 Å². The Bertz CT molecular complexity index is 1070. The van der Waals surface area contributed by atoms with Gasteiger partial charge >= 0.3 is 5.97 Å². The molecule has 0 spiro atoms. The van der Waals surface area contributed by atoms with Crippen molar-refractivity contribution in [3.05, 3.63) is 36.0 Å². The lowest BCUT2D eigenvalue weighted by Gasteiger charge is -2.25. The van der Waals surface area contributed by atoms with Crippen molar-refractivity contribution in [1.82, 2.24) is 20.9 Å². The van der Waals surface area contributed by atoms with E-state index in [-0.39, 0.29) is 24.5 Å². The van der Waals surface area contributed by atoms with Crippen LogP contribution in [0, 0.1) is 5.92 Å². The highest BCUT2D eigenvalue weighted by Gasteiger charge is 2.30. The fraction of sp³-hybridized carbons (Fsp3) is 0.520. The molecule has 0 fully saturated rings. The molecule has 4 atom stereocenters. The van der Waals surface area contributed by atoms with Crippen LogP contribution in [0.25, 0.3) is 10.9 Å². The van der Waals surface area contributed by atoms with Crippen LogP contribution < -0.4 is 27.4 Å². The predicted octanol–water partition coefficient (Wildman–Crippen LogP) is 0.292. The molecule has 0 aliphatic heterocycles. The molecule has 0 aliphatic carbocycles. The lowest BCUT2D eigenvalue weighted by atomic mass is 10.0. The maximum atomic E-state index is 13.0. The number of benzene rings is 1. The summed E-state index contributed by atoms with van der Waals surface area (Å²) in [6, 6.07) is 3.58. The van der Waals surface area contributed by atoms with Crippen molar-refractivity contribution in [1.29, 1.82) is 0 Å². The molecule has 12 heteroatoms. The van der Waals surface area contributed by atoms with Gasteiger partial charge in [0.25, 0.3) is 0 Å². The Kier molecular flexibility index (Phi) is 11.9. The second-order valence-electron chi connectivity index (χ2n) is 9.33. The number of carboxylic acids is 1. The van der Waals surface area contributed by atoms with Crippen molar-refractivity contribution >= 4 is 47.2 Å². The molecule has 2 rings (SSSR count). The van der Waals surface area contributed by atoms with Gasteiger partial charge in [0, 0.05) is 22.9 Å². The molecule has 11 nitrogen and oxygen atoms in total. The summed E-state index contributed by atoms with van der Waals surface area (Å²) in [5.41, 5.74) is 13.5. The largest absolute Gasteiger partial charge is 0.480 e. The Morgan fingerprint density at radius 2 is 1.65 bits per heavy atom. The smallest absolute Gasteiger partial charge is 0.326 e. The second kappa shape index (κ2) is 14.6. The number of hydrogen-bond donors (Lipinski definition) is 8. The highest BCUT2D eigenvalue weighted by Crippen LogP contribution is 2.18. The minimum Gasteiger partial charge on any atom is -0.480 e. The molecule has 0 saturated carbocycles. The van der Waals surface area contributed by atoms with E-state index in [9.17, 15) is 24.3 Å². The molecule has 204 valence electrons. The van der Waals surface area contributed by atoms with E-state index in [1.54, 1.807) is 20.0 Å². The molecule has 37 heavy (non-hydrogen) atoms. The van der Waals surface area contributed by atoms with Crippen molar-refractivity contribution in [2.24, 2.45) is 17.4 Å². The number of carbonyl (C=O) groups is 4. The highest BCUT2D eigenvalue weighted by molar-refractivity contribution is 7.80. The van der Waals surface area contributed by atoms with Gasteiger partial charge in [-0.15, -0.1) is 0 Å². The minimum absolute atomic E-state index is 0.0295. The van der Waals surface area contributed by atoms with Crippen LogP contribution in [0.4, 0.5) is 0 Å². The SMILES string of the molecule is CC(C)C(NC(=O)C(CCCCN)NC(=O)C(CS)NC(=O)C(N)Cc1c[nH]c2ccccc12)C(=O)O. The summed E-state index contributed by atoms with van der Waals surface area (Å²) in [5, 5.41) is 18.1. The number of aromatic nitrogens is 1. The predicted molar refractivity (Wildman–Crippen MR) is 145 cm³/mol. The molecule has 1 aromatic heterocycles. The standard InChI is InChI=1S/C25H38N6O5S/c1-14(2)21(25(35)36)31-23(33)19(9-5-6-10-26)29-24(34)20(13-37)30-22(32)17(27)11-15-12-28-18-8-4-3-7-16(15)18/h3-4,7-8,12,14,17,19-21,28,37H,5-6,9-11,13,26-27H2,1-2H3,(H,29,34)(H,30,32)(H,31,33)(H,35,36). The van der Waals surface area contributed by atoms with Crippen LogP contribution in [-0.2, 0) is 25.6 Å². The first kappa shape index (κ1) is 30.1. The van der Waals surface area contributed by atoms with Crippen molar-refractivity contribution in [2.75, 3.05) is 12.3 Å². The lowest BCUT2D eigenvalue weighted by molar-refractivity contribution is -0.143. The summed E-state index contributed by atoms with van der Waals surface area (Å²) >= 11 is 4.19. The zero-order valence-electron chi connectivity index (χ0n) is 21.2. The number of unbranched alkanes of at least 4 members (excludes halogenated alkanes) is 1. The monoisotopic (exact) mass is 534 g/mol. The first-order chi connectivity index (χ1) is 17.6. The topological polar surface area (TPSA) is 192 Å². The van der Waals surface area contributed by atoms with Crippen LogP contribution in [0.2, 0.25) is 0 Å².